The highest BCUT2D eigenvalue weighted by Gasteiger charge is 2.40. The number of hydrogen-bond acceptors (Lipinski definition) is 1. The van der Waals surface area contributed by atoms with Gasteiger partial charge in [0.05, 0.1) is 0 Å². The summed E-state index contributed by atoms with van der Waals surface area (Å²) in [6, 6.07) is 67.7. The molecule has 1 heteroatoms. The summed E-state index contributed by atoms with van der Waals surface area (Å²) < 4.78 is 7.14. The minimum absolute atomic E-state index is 0.145. The molecule has 0 fully saturated rings. The minimum atomic E-state index is -0.176. The number of hydrogen-bond donors (Lipinski definition) is 0. The van der Waals surface area contributed by atoms with E-state index in [1.54, 1.807) is 0 Å². The maximum absolute atomic E-state index is 7.14. The summed E-state index contributed by atoms with van der Waals surface area (Å²) in [5, 5.41) is 10.0. The molecule has 0 saturated heterocycles. The van der Waals surface area contributed by atoms with Gasteiger partial charge in [-0.1, -0.05) is 198 Å². The quantitative estimate of drug-likeness (QED) is 0.163. The Morgan fingerprint density at radius 3 is 1.64 bits per heavy atom. The minimum Gasteiger partial charge on any atom is -0.455 e. The topological polar surface area (TPSA) is 13.1 Å². The third-order valence-corrected chi connectivity index (χ3v) is 14.4. The van der Waals surface area contributed by atoms with E-state index in [4.69, 9.17) is 4.42 Å². The Labute approximate surface area is 355 Å². The monoisotopic (exact) mass is 778 g/mol. The van der Waals surface area contributed by atoms with E-state index in [1.807, 2.05) is 0 Å². The molecule has 0 unspecified atom stereocenters. The van der Waals surface area contributed by atoms with Gasteiger partial charge in [0.25, 0.3) is 0 Å². The third-order valence-electron chi connectivity index (χ3n) is 14.4. The van der Waals surface area contributed by atoms with Crippen molar-refractivity contribution in [2.75, 3.05) is 0 Å². The van der Waals surface area contributed by atoms with E-state index in [1.165, 1.54) is 110 Å². The number of para-hydroxylation sites is 1. The van der Waals surface area contributed by atoms with E-state index in [0.717, 1.165) is 22.1 Å². The van der Waals surface area contributed by atoms with Crippen LogP contribution >= 0.6 is 0 Å². The fourth-order valence-electron chi connectivity index (χ4n) is 11.6. The van der Waals surface area contributed by atoms with Gasteiger partial charge in [0.15, 0.2) is 0 Å². The average Bonchev–Trinajstić information content (AvgIpc) is 3.87. The second-order valence-corrected chi connectivity index (χ2v) is 18.3. The van der Waals surface area contributed by atoms with Crippen molar-refractivity contribution in [1.29, 1.82) is 0 Å². The first-order valence-corrected chi connectivity index (χ1v) is 21.6. The zero-order chi connectivity index (χ0) is 40.8. The Morgan fingerprint density at radius 1 is 0.311 bits per heavy atom. The molecule has 13 rings (SSSR count). The molecule has 2 aliphatic carbocycles. The first kappa shape index (κ1) is 34.6. The molecule has 11 aromatic rings. The molecule has 0 atom stereocenters. The number of rotatable bonds is 3. The Kier molecular flexibility index (Phi) is 6.91. The van der Waals surface area contributed by atoms with E-state index >= 15 is 0 Å². The molecule has 0 bridgehead atoms. The van der Waals surface area contributed by atoms with Gasteiger partial charge in [-0.15, -0.1) is 0 Å². The maximum atomic E-state index is 7.14. The summed E-state index contributed by atoms with van der Waals surface area (Å²) in [6.45, 7) is 9.50. The summed E-state index contributed by atoms with van der Waals surface area (Å²) in [6.07, 6.45) is 0. The molecule has 1 aromatic heterocycles. The lowest BCUT2D eigenvalue weighted by molar-refractivity contribution is 0.657. The molecule has 1 nitrogen and oxygen atoms in total. The molecule has 0 aliphatic heterocycles. The van der Waals surface area contributed by atoms with Gasteiger partial charge in [0.1, 0.15) is 11.2 Å². The Bertz CT molecular complexity index is 3630. The van der Waals surface area contributed by atoms with Crippen molar-refractivity contribution >= 4 is 54.3 Å². The summed E-state index contributed by atoms with van der Waals surface area (Å²) in [7, 11) is 0. The third kappa shape index (κ3) is 4.61. The lowest BCUT2D eigenvalue weighted by atomic mass is 9.80. The molecular weight excluding hydrogens is 737 g/mol. The largest absolute Gasteiger partial charge is 0.455 e. The van der Waals surface area contributed by atoms with E-state index in [9.17, 15) is 0 Å². The summed E-state index contributed by atoms with van der Waals surface area (Å²) in [5.74, 6) is 0. The summed E-state index contributed by atoms with van der Waals surface area (Å²) >= 11 is 0. The average molecular weight is 779 g/mol. The second-order valence-electron chi connectivity index (χ2n) is 18.3. The summed E-state index contributed by atoms with van der Waals surface area (Å²) in [5.41, 5.74) is 19.6. The predicted molar refractivity (Wildman–Crippen MR) is 258 cm³/mol. The van der Waals surface area contributed by atoms with E-state index in [-0.39, 0.29) is 10.8 Å². The van der Waals surface area contributed by atoms with Crippen LogP contribution in [-0.2, 0) is 10.8 Å². The molecule has 2 aliphatic rings. The normalized spacial score (nSPS) is 14.5. The van der Waals surface area contributed by atoms with Crippen LogP contribution in [-0.4, -0.2) is 0 Å². The fraction of sp³-hybridized carbons (Fsp3) is 0.100. The van der Waals surface area contributed by atoms with Crippen LogP contribution in [0.2, 0.25) is 0 Å². The highest BCUT2D eigenvalue weighted by molar-refractivity contribution is 6.22. The maximum Gasteiger partial charge on any atom is 0.143 e. The standard InChI is InChI=1S/C60H42O/c1-59(2)50-31-27-37(40-23-14-24-46-47-30-32-51-55(58(47)61-57(40)46)48-29-25-35-15-8-9-18-39(35)56(48)60(51,3)4)33-49(50)41-28-26-38(34-52(41)59)54-44-21-12-10-19-42(44)53(36-16-6-5-7-17-36)43-20-11-13-22-45(43)54/h5-34H,1-4H3. The van der Waals surface area contributed by atoms with Crippen molar-refractivity contribution in [2.45, 2.75) is 38.5 Å². The molecule has 10 aromatic carbocycles. The highest BCUT2D eigenvalue weighted by Crippen LogP contribution is 2.56. The lowest BCUT2D eigenvalue weighted by Crippen LogP contribution is -2.15. The molecule has 0 radical (unpaired) electrons. The Balaban J connectivity index is 0.971. The smallest absolute Gasteiger partial charge is 0.143 e. The predicted octanol–water partition coefficient (Wildman–Crippen LogP) is 16.7. The van der Waals surface area contributed by atoms with Gasteiger partial charge >= 0.3 is 0 Å². The summed E-state index contributed by atoms with van der Waals surface area (Å²) in [4.78, 5) is 0. The van der Waals surface area contributed by atoms with Crippen molar-refractivity contribution in [3.05, 3.63) is 204 Å². The first-order chi connectivity index (χ1) is 29.8. The van der Waals surface area contributed by atoms with Gasteiger partial charge < -0.3 is 4.42 Å². The highest BCUT2D eigenvalue weighted by atomic mass is 16.3. The van der Waals surface area contributed by atoms with E-state index in [0.29, 0.717) is 0 Å². The number of benzene rings is 10. The molecule has 0 N–H and O–H groups in total. The Morgan fingerprint density at radius 2 is 0.902 bits per heavy atom. The first-order valence-electron chi connectivity index (χ1n) is 21.6. The van der Waals surface area contributed by atoms with Crippen LogP contribution in [0.5, 0.6) is 0 Å². The van der Waals surface area contributed by atoms with Gasteiger partial charge in [-0.25, -0.2) is 0 Å². The SMILES string of the molecule is CC1(C)c2ccc(-c3cccc4c3oc3c5c(ccc34)C(C)(C)c3c-5ccc4ccccc34)cc2-c2ccc(-c3c4ccccc4c(-c4ccccc4)c4ccccc34)cc21. The number of furan rings is 1. The molecule has 1 heterocycles. The molecule has 0 saturated carbocycles. The van der Waals surface area contributed by atoms with Crippen molar-refractivity contribution in [1.82, 2.24) is 0 Å². The van der Waals surface area contributed by atoms with Crippen LogP contribution in [0.25, 0.3) is 110 Å². The van der Waals surface area contributed by atoms with Crippen LogP contribution in [0.1, 0.15) is 49.9 Å². The van der Waals surface area contributed by atoms with Crippen LogP contribution in [0.4, 0.5) is 0 Å². The van der Waals surface area contributed by atoms with Crippen molar-refractivity contribution in [3.8, 4) is 55.6 Å². The van der Waals surface area contributed by atoms with E-state index in [2.05, 4.69) is 210 Å². The number of fused-ring (bicyclic) bond motifs is 14. The van der Waals surface area contributed by atoms with Crippen LogP contribution < -0.4 is 0 Å². The van der Waals surface area contributed by atoms with E-state index < -0.39 is 0 Å². The second kappa shape index (κ2) is 12.2. The van der Waals surface area contributed by atoms with Crippen LogP contribution in [0, 0.1) is 0 Å². The lowest BCUT2D eigenvalue weighted by Gasteiger charge is -2.23. The molecule has 61 heavy (non-hydrogen) atoms. The van der Waals surface area contributed by atoms with Crippen molar-refractivity contribution in [2.24, 2.45) is 0 Å². The van der Waals surface area contributed by atoms with Gasteiger partial charge in [-0.3, -0.25) is 0 Å². The van der Waals surface area contributed by atoms with Gasteiger partial charge in [0.2, 0.25) is 0 Å². The molecule has 288 valence electrons. The molecule has 0 spiro atoms. The fourth-order valence-corrected chi connectivity index (χ4v) is 11.6. The van der Waals surface area contributed by atoms with Gasteiger partial charge in [-0.2, -0.15) is 0 Å². The van der Waals surface area contributed by atoms with Crippen molar-refractivity contribution in [3.63, 3.8) is 0 Å². The zero-order valence-corrected chi connectivity index (χ0v) is 34.7. The van der Waals surface area contributed by atoms with Gasteiger partial charge in [0, 0.05) is 32.7 Å². The Hall–Kier alpha value is -7.22. The van der Waals surface area contributed by atoms with Crippen LogP contribution in [0.15, 0.2) is 186 Å². The van der Waals surface area contributed by atoms with Crippen LogP contribution in [0.3, 0.4) is 0 Å². The molecule has 0 amide bonds. The van der Waals surface area contributed by atoms with Crippen molar-refractivity contribution < 1.29 is 4.42 Å². The van der Waals surface area contributed by atoms with Gasteiger partial charge in [-0.05, 0) is 111 Å². The molecular formula is C60H42O. The zero-order valence-electron chi connectivity index (χ0n) is 34.7.